The van der Waals surface area contributed by atoms with E-state index in [0.29, 0.717) is 5.92 Å². The van der Waals surface area contributed by atoms with E-state index in [1.807, 2.05) is 27.8 Å². The van der Waals surface area contributed by atoms with Gasteiger partial charge in [0.15, 0.2) is 0 Å². The van der Waals surface area contributed by atoms with Crippen LogP contribution in [0, 0.1) is 0 Å². The number of rotatable bonds is 3. The van der Waals surface area contributed by atoms with Crippen molar-refractivity contribution in [2.45, 2.75) is 38.6 Å². The standard InChI is InChI=1S/C19H26N4O2/c1-19(2,3)23-17(9-11-20-23)21-18(24)22-12-10-15(13-22)14-5-7-16(25-4)8-6-14/h5-9,11,15H,10,12-13H2,1-4H3,(H,21,24)/t15-/m0/s1. The van der Waals surface area contributed by atoms with Gasteiger partial charge in [-0.25, -0.2) is 9.48 Å². The molecule has 1 aliphatic heterocycles. The van der Waals surface area contributed by atoms with Gasteiger partial charge in [-0.2, -0.15) is 5.10 Å². The minimum atomic E-state index is -0.178. The van der Waals surface area contributed by atoms with Crippen LogP contribution in [-0.4, -0.2) is 40.9 Å². The van der Waals surface area contributed by atoms with Crippen LogP contribution in [0.1, 0.15) is 38.7 Å². The first-order valence-corrected chi connectivity index (χ1v) is 8.63. The van der Waals surface area contributed by atoms with Crippen LogP contribution in [0.15, 0.2) is 36.5 Å². The summed E-state index contributed by atoms with van der Waals surface area (Å²) in [4.78, 5) is 14.5. The van der Waals surface area contributed by atoms with Crippen LogP contribution in [0.2, 0.25) is 0 Å². The molecule has 0 radical (unpaired) electrons. The molecule has 1 atom stereocenters. The molecule has 0 bridgehead atoms. The lowest BCUT2D eigenvalue weighted by atomic mass is 9.98. The molecule has 2 amide bonds. The molecular weight excluding hydrogens is 316 g/mol. The predicted molar refractivity (Wildman–Crippen MR) is 98.2 cm³/mol. The molecule has 1 saturated heterocycles. The van der Waals surface area contributed by atoms with Crippen molar-refractivity contribution in [1.82, 2.24) is 14.7 Å². The third kappa shape index (κ3) is 3.78. The number of ether oxygens (including phenoxy) is 1. The molecule has 134 valence electrons. The van der Waals surface area contributed by atoms with Crippen molar-refractivity contribution in [1.29, 1.82) is 0 Å². The number of carbonyl (C=O) groups is 1. The quantitative estimate of drug-likeness (QED) is 0.926. The Morgan fingerprint density at radius 2 is 1.96 bits per heavy atom. The Balaban J connectivity index is 1.64. The molecule has 25 heavy (non-hydrogen) atoms. The van der Waals surface area contributed by atoms with Gasteiger partial charge in [0, 0.05) is 25.1 Å². The lowest BCUT2D eigenvalue weighted by Crippen LogP contribution is -2.35. The number of benzene rings is 1. The van der Waals surface area contributed by atoms with E-state index >= 15 is 0 Å². The zero-order chi connectivity index (χ0) is 18.0. The fourth-order valence-corrected chi connectivity index (χ4v) is 3.21. The van der Waals surface area contributed by atoms with Gasteiger partial charge < -0.3 is 9.64 Å². The first-order valence-electron chi connectivity index (χ1n) is 8.63. The van der Waals surface area contributed by atoms with Gasteiger partial charge in [-0.15, -0.1) is 0 Å². The molecule has 0 saturated carbocycles. The number of nitrogens with zero attached hydrogens (tertiary/aromatic N) is 3. The van der Waals surface area contributed by atoms with Crippen LogP contribution >= 0.6 is 0 Å². The van der Waals surface area contributed by atoms with E-state index in [4.69, 9.17) is 4.74 Å². The molecule has 3 rings (SSSR count). The molecule has 0 aliphatic carbocycles. The van der Waals surface area contributed by atoms with Crippen molar-refractivity contribution >= 4 is 11.8 Å². The van der Waals surface area contributed by atoms with E-state index < -0.39 is 0 Å². The SMILES string of the molecule is COc1ccc([C@H]2CCN(C(=O)Nc3ccnn3C(C)(C)C)C2)cc1. The number of methoxy groups -OCH3 is 1. The zero-order valence-electron chi connectivity index (χ0n) is 15.3. The molecule has 1 fully saturated rings. The predicted octanol–water partition coefficient (Wildman–Crippen LogP) is 3.67. The maximum atomic E-state index is 12.6. The number of carbonyl (C=O) groups excluding carboxylic acids is 1. The summed E-state index contributed by atoms with van der Waals surface area (Å²) in [6, 6.07) is 9.88. The second kappa shape index (κ2) is 6.78. The smallest absolute Gasteiger partial charge is 0.323 e. The summed E-state index contributed by atoms with van der Waals surface area (Å²) in [6.07, 6.45) is 2.68. The van der Waals surface area contributed by atoms with Crippen molar-refractivity contribution in [2.24, 2.45) is 0 Å². The Bertz CT molecular complexity index is 731. The van der Waals surface area contributed by atoms with Gasteiger partial charge in [0.05, 0.1) is 18.8 Å². The second-order valence-corrected chi connectivity index (χ2v) is 7.43. The number of likely N-dealkylation sites (tertiary alicyclic amines) is 1. The lowest BCUT2D eigenvalue weighted by Gasteiger charge is -2.24. The molecule has 6 heteroatoms. The van der Waals surface area contributed by atoms with Gasteiger partial charge in [0.25, 0.3) is 0 Å². The van der Waals surface area contributed by atoms with E-state index in [1.165, 1.54) is 5.56 Å². The maximum Gasteiger partial charge on any atom is 0.323 e. The van der Waals surface area contributed by atoms with Gasteiger partial charge in [-0.05, 0) is 44.9 Å². The summed E-state index contributed by atoms with van der Waals surface area (Å²) in [7, 11) is 1.67. The summed E-state index contributed by atoms with van der Waals surface area (Å²) < 4.78 is 7.04. The summed E-state index contributed by atoms with van der Waals surface area (Å²) in [6.45, 7) is 7.66. The average molecular weight is 342 g/mol. The molecule has 0 unspecified atom stereocenters. The van der Waals surface area contributed by atoms with Crippen LogP contribution in [0.4, 0.5) is 10.6 Å². The van der Waals surface area contributed by atoms with Crippen LogP contribution < -0.4 is 10.1 Å². The maximum absolute atomic E-state index is 12.6. The third-order valence-corrected chi connectivity index (χ3v) is 4.58. The summed E-state index contributed by atoms with van der Waals surface area (Å²) >= 11 is 0. The minimum Gasteiger partial charge on any atom is -0.497 e. The van der Waals surface area contributed by atoms with Crippen molar-refractivity contribution in [3.63, 3.8) is 0 Å². The second-order valence-electron chi connectivity index (χ2n) is 7.43. The lowest BCUT2D eigenvalue weighted by molar-refractivity contribution is 0.221. The molecule has 6 nitrogen and oxygen atoms in total. The first-order chi connectivity index (χ1) is 11.9. The zero-order valence-corrected chi connectivity index (χ0v) is 15.3. The van der Waals surface area contributed by atoms with Crippen molar-refractivity contribution < 1.29 is 9.53 Å². The van der Waals surface area contributed by atoms with Crippen LogP contribution in [-0.2, 0) is 5.54 Å². The molecule has 0 spiro atoms. The summed E-state index contributed by atoms with van der Waals surface area (Å²) in [5.41, 5.74) is 1.07. The third-order valence-electron chi connectivity index (χ3n) is 4.58. The Kier molecular flexibility index (Phi) is 4.70. The van der Waals surface area contributed by atoms with Gasteiger partial charge in [0.1, 0.15) is 11.6 Å². The topological polar surface area (TPSA) is 59.4 Å². The largest absolute Gasteiger partial charge is 0.497 e. The fourth-order valence-electron chi connectivity index (χ4n) is 3.21. The van der Waals surface area contributed by atoms with E-state index in [-0.39, 0.29) is 11.6 Å². The average Bonchev–Trinajstić information content (AvgIpc) is 3.23. The highest BCUT2D eigenvalue weighted by Gasteiger charge is 2.28. The fraction of sp³-hybridized carbons (Fsp3) is 0.474. The van der Waals surface area contributed by atoms with Crippen molar-refractivity contribution in [2.75, 3.05) is 25.5 Å². The number of urea groups is 1. The number of amides is 2. The number of nitrogens with one attached hydrogen (secondary N) is 1. The Labute approximate surface area is 148 Å². The van der Waals surface area contributed by atoms with Crippen LogP contribution in [0.5, 0.6) is 5.75 Å². The Morgan fingerprint density at radius 1 is 1.24 bits per heavy atom. The van der Waals surface area contributed by atoms with Crippen molar-refractivity contribution in [3.8, 4) is 5.75 Å². The van der Waals surface area contributed by atoms with Gasteiger partial charge in [-0.3, -0.25) is 5.32 Å². The van der Waals surface area contributed by atoms with Gasteiger partial charge in [0.2, 0.25) is 0 Å². The molecule has 1 N–H and O–H groups in total. The molecule has 2 heterocycles. The molecule has 1 aromatic carbocycles. The Hall–Kier alpha value is -2.50. The summed E-state index contributed by atoms with van der Waals surface area (Å²) in [5.74, 6) is 1.95. The molecule has 1 aliphatic rings. The van der Waals surface area contributed by atoms with E-state index in [0.717, 1.165) is 31.1 Å². The Morgan fingerprint density at radius 3 is 2.60 bits per heavy atom. The van der Waals surface area contributed by atoms with Gasteiger partial charge >= 0.3 is 6.03 Å². The monoisotopic (exact) mass is 342 g/mol. The number of anilines is 1. The van der Waals surface area contributed by atoms with Crippen molar-refractivity contribution in [3.05, 3.63) is 42.1 Å². The van der Waals surface area contributed by atoms with Gasteiger partial charge in [-0.1, -0.05) is 12.1 Å². The normalized spacial score (nSPS) is 17.6. The molecule has 2 aromatic rings. The number of hydrogen-bond acceptors (Lipinski definition) is 3. The highest BCUT2D eigenvalue weighted by atomic mass is 16.5. The van der Waals surface area contributed by atoms with Crippen LogP contribution in [0.3, 0.4) is 0 Å². The highest BCUT2D eigenvalue weighted by Crippen LogP contribution is 2.29. The molecule has 1 aromatic heterocycles. The summed E-state index contributed by atoms with van der Waals surface area (Å²) in [5, 5.41) is 7.31. The van der Waals surface area contributed by atoms with E-state index in [2.05, 4.69) is 43.3 Å². The van der Waals surface area contributed by atoms with E-state index in [9.17, 15) is 4.79 Å². The first kappa shape index (κ1) is 17.3. The molecular formula is C19H26N4O2. The van der Waals surface area contributed by atoms with E-state index in [1.54, 1.807) is 13.3 Å². The number of hydrogen-bond donors (Lipinski definition) is 1. The minimum absolute atomic E-state index is 0.0676. The highest BCUT2D eigenvalue weighted by molar-refractivity contribution is 5.88. The number of aromatic nitrogens is 2. The van der Waals surface area contributed by atoms with Crippen LogP contribution in [0.25, 0.3) is 0 Å².